The number of benzene rings is 2. The van der Waals surface area contributed by atoms with Crippen molar-refractivity contribution in [3.63, 3.8) is 0 Å². The highest BCUT2D eigenvalue weighted by Crippen LogP contribution is 2.25. The summed E-state index contributed by atoms with van der Waals surface area (Å²) in [7, 11) is -3.77. The van der Waals surface area contributed by atoms with Gasteiger partial charge in [0.05, 0.1) is 4.90 Å². The van der Waals surface area contributed by atoms with E-state index in [2.05, 4.69) is 21.5 Å². The molecular formula is C26H32N4O3S. The Morgan fingerprint density at radius 3 is 2.38 bits per heavy atom. The zero-order chi connectivity index (χ0) is 24.0. The van der Waals surface area contributed by atoms with Crippen LogP contribution in [0.2, 0.25) is 0 Å². The molecule has 0 amide bonds. The molecule has 3 aromatic rings. The van der Waals surface area contributed by atoms with Crippen molar-refractivity contribution in [2.45, 2.75) is 37.3 Å². The molecule has 2 heterocycles. The molecule has 1 aromatic heterocycles. The van der Waals surface area contributed by atoms with Gasteiger partial charge < -0.3 is 10.0 Å². The highest BCUT2D eigenvalue weighted by atomic mass is 32.2. The smallest absolute Gasteiger partial charge is 0.261 e. The molecule has 2 N–H and O–H groups in total. The molecule has 0 aliphatic carbocycles. The van der Waals surface area contributed by atoms with E-state index in [1.165, 1.54) is 5.56 Å². The Labute approximate surface area is 202 Å². The summed E-state index contributed by atoms with van der Waals surface area (Å²) in [4.78, 5) is 8.41. The summed E-state index contributed by atoms with van der Waals surface area (Å²) < 4.78 is 28.6. The molecule has 4 rings (SSSR count). The van der Waals surface area contributed by atoms with Crippen LogP contribution in [0.1, 0.15) is 37.1 Å². The Morgan fingerprint density at radius 1 is 1.00 bits per heavy atom. The number of nitrogens with one attached hydrogen (secondary N) is 1. The third-order valence-corrected chi connectivity index (χ3v) is 7.56. The first-order valence-electron chi connectivity index (χ1n) is 11.7. The molecule has 7 nitrogen and oxygen atoms in total. The topological polar surface area (TPSA) is 85.8 Å². The number of aliphatic hydroxyl groups is 1. The van der Waals surface area contributed by atoms with Crippen LogP contribution in [0, 0.1) is 0 Å². The van der Waals surface area contributed by atoms with Crippen LogP contribution in [0.15, 0.2) is 78.0 Å². The van der Waals surface area contributed by atoms with Crippen molar-refractivity contribution < 1.29 is 13.5 Å². The van der Waals surface area contributed by atoms with Crippen LogP contribution >= 0.6 is 0 Å². The molecule has 1 unspecified atom stereocenters. The fourth-order valence-corrected chi connectivity index (χ4v) is 5.28. The number of hydrogen-bond donors (Lipinski definition) is 2. The van der Waals surface area contributed by atoms with Crippen LogP contribution in [0.25, 0.3) is 0 Å². The molecule has 34 heavy (non-hydrogen) atoms. The minimum absolute atomic E-state index is 0.134. The van der Waals surface area contributed by atoms with Crippen molar-refractivity contribution in [3.05, 3.63) is 84.2 Å². The summed E-state index contributed by atoms with van der Waals surface area (Å²) in [6.07, 6.45) is 5.90. The maximum Gasteiger partial charge on any atom is 0.261 e. The fraction of sp³-hybridized carbons (Fsp3) is 0.346. The Balaban J connectivity index is 1.40. The van der Waals surface area contributed by atoms with Gasteiger partial charge in [0, 0.05) is 49.9 Å². The average molecular weight is 481 g/mol. The number of sulfonamides is 1. The van der Waals surface area contributed by atoms with Crippen molar-refractivity contribution in [2.75, 3.05) is 35.8 Å². The van der Waals surface area contributed by atoms with Gasteiger partial charge in [0.2, 0.25) is 0 Å². The number of pyridine rings is 1. The summed E-state index contributed by atoms with van der Waals surface area (Å²) in [6.45, 7) is 5.03. The van der Waals surface area contributed by atoms with E-state index in [-0.39, 0.29) is 4.90 Å². The molecule has 1 aliphatic heterocycles. The predicted octanol–water partition coefficient (Wildman–Crippen LogP) is 4.04. The minimum atomic E-state index is -3.77. The predicted molar refractivity (Wildman–Crippen MR) is 135 cm³/mol. The van der Waals surface area contributed by atoms with Gasteiger partial charge in [-0.1, -0.05) is 37.6 Å². The molecule has 1 aliphatic rings. The Kier molecular flexibility index (Phi) is 7.82. The van der Waals surface area contributed by atoms with E-state index >= 15 is 0 Å². The van der Waals surface area contributed by atoms with Crippen LogP contribution in [0.3, 0.4) is 0 Å². The van der Waals surface area contributed by atoms with Gasteiger partial charge in [-0.2, -0.15) is 0 Å². The van der Waals surface area contributed by atoms with Gasteiger partial charge in [0.15, 0.2) is 0 Å². The highest BCUT2D eigenvalue weighted by Gasteiger charge is 2.25. The number of rotatable bonds is 9. The maximum atomic E-state index is 13.0. The first-order chi connectivity index (χ1) is 16.5. The lowest BCUT2D eigenvalue weighted by Crippen LogP contribution is -2.47. The van der Waals surface area contributed by atoms with Gasteiger partial charge >= 0.3 is 0 Å². The van der Waals surface area contributed by atoms with E-state index in [9.17, 15) is 13.5 Å². The van der Waals surface area contributed by atoms with Crippen LogP contribution in [-0.2, 0) is 16.4 Å². The molecule has 1 fully saturated rings. The summed E-state index contributed by atoms with van der Waals surface area (Å²) in [5.41, 5.74) is 3.40. The molecule has 1 saturated heterocycles. The maximum absolute atomic E-state index is 13.0. The number of piperazine rings is 1. The summed E-state index contributed by atoms with van der Waals surface area (Å²) in [5, 5.41) is 11.0. The molecule has 180 valence electrons. The van der Waals surface area contributed by atoms with Crippen LogP contribution < -0.4 is 9.62 Å². The Morgan fingerprint density at radius 2 is 1.71 bits per heavy atom. The lowest BCUT2D eigenvalue weighted by molar-refractivity contribution is -0.00176. The molecular weight excluding hydrogens is 448 g/mol. The first-order valence-corrected chi connectivity index (χ1v) is 13.2. The average Bonchev–Trinajstić information content (AvgIpc) is 2.88. The van der Waals surface area contributed by atoms with Crippen molar-refractivity contribution in [1.82, 2.24) is 9.88 Å². The van der Waals surface area contributed by atoms with E-state index in [0.29, 0.717) is 24.3 Å². The Bertz CT molecular complexity index is 1160. The van der Waals surface area contributed by atoms with Crippen molar-refractivity contribution in [2.24, 2.45) is 0 Å². The molecule has 2 aromatic carbocycles. The van der Waals surface area contributed by atoms with E-state index < -0.39 is 16.3 Å². The number of aryl methyl sites for hydroxylation is 1. The second-order valence-electron chi connectivity index (χ2n) is 8.58. The van der Waals surface area contributed by atoms with Gasteiger partial charge in [-0.05, 0) is 60.4 Å². The highest BCUT2D eigenvalue weighted by molar-refractivity contribution is 7.92. The molecule has 8 heteroatoms. The fourth-order valence-electron chi connectivity index (χ4n) is 4.17. The number of aliphatic hydroxyl groups excluding tert-OH is 1. The van der Waals surface area contributed by atoms with Gasteiger partial charge in [0.1, 0.15) is 6.23 Å². The van der Waals surface area contributed by atoms with Gasteiger partial charge in [0.25, 0.3) is 10.0 Å². The summed E-state index contributed by atoms with van der Waals surface area (Å²) >= 11 is 0. The molecule has 0 spiro atoms. The molecule has 0 radical (unpaired) electrons. The number of aromatic nitrogens is 1. The number of unbranched alkanes of at least 4 members (excludes halogenated alkanes) is 1. The minimum Gasteiger partial charge on any atom is -0.374 e. The summed E-state index contributed by atoms with van der Waals surface area (Å²) in [6, 6.07) is 18.0. The number of anilines is 2. The van der Waals surface area contributed by atoms with Crippen LogP contribution in [-0.4, -0.2) is 49.6 Å². The van der Waals surface area contributed by atoms with Crippen molar-refractivity contribution in [1.29, 1.82) is 0 Å². The standard InChI is InChI=1S/C26H32N4O3S/c1-2-3-5-21-8-10-23(11-9-21)28-34(32,33)25-7-4-6-22(20-25)26(31)30-18-16-29(17-19-30)24-12-14-27-15-13-24/h4,6-15,20,26,28,31H,2-3,5,16-19H2,1H3. The quantitative estimate of drug-likeness (QED) is 0.481. The van der Waals surface area contributed by atoms with E-state index in [4.69, 9.17) is 0 Å². The van der Waals surface area contributed by atoms with Crippen LogP contribution in [0.4, 0.5) is 11.4 Å². The third-order valence-electron chi connectivity index (χ3n) is 6.18. The van der Waals surface area contributed by atoms with E-state index in [1.54, 1.807) is 48.8 Å². The second-order valence-corrected chi connectivity index (χ2v) is 10.3. The normalized spacial score (nSPS) is 15.8. The number of hydrogen-bond acceptors (Lipinski definition) is 6. The van der Waals surface area contributed by atoms with Gasteiger partial charge in [-0.3, -0.25) is 14.6 Å². The van der Waals surface area contributed by atoms with Gasteiger partial charge in [-0.25, -0.2) is 8.42 Å². The zero-order valence-electron chi connectivity index (χ0n) is 19.5. The molecule has 0 bridgehead atoms. The van der Waals surface area contributed by atoms with Crippen LogP contribution in [0.5, 0.6) is 0 Å². The Hall–Kier alpha value is -2.94. The molecule has 0 saturated carbocycles. The summed E-state index contributed by atoms with van der Waals surface area (Å²) in [5.74, 6) is 0. The van der Waals surface area contributed by atoms with Crippen molar-refractivity contribution >= 4 is 21.4 Å². The zero-order valence-corrected chi connectivity index (χ0v) is 20.3. The second kappa shape index (κ2) is 11.0. The molecule has 1 atom stereocenters. The SMILES string of the molecule is CCCCc1ccc(NS(=O)(=O)c2cccc(C(O)N3CCN(c4ccncc4)CC3)c2)cc1. The lowest BCUT2D eigenvalue weighted by atomic mass is 10.1. The third kappa shape index (κ3) is 5.94. The first kappa shape index (κ1) is 24.2. The van der Waals surface area contributed by atoms with Gasteiger partial charge in [-0.15, -0.1) is 0 Å². The lowest BCUT2D eigenvalue weighted by Gasteiger charge is -2.38. The monoisotopic (exact) mass is 480 g/mol. The van der Waals surface area contributed by atoms with Crippen molar-refractivity contribution in [3.8, 4) is 0 Å². The largest absolute Gasteiger partial charge is 0.374 e. The number of nitrogens with zero attached hydrogens (tertiary/aromatic N) is 3. The van der Waals surface area contributed by atoms with E-state index in [0.717, 1.165) is 38.0 Å². The van der Waals surface area contributed by atoms with E-state index in [1.807, 2.05) is 29.2 Å².